The summed E-state index contributed by atoms with van der Waals surface area (Å²) in [5.74, 6) is 0. The number of thiazole rings is 1. The maximum Gasteiger partial charge on any atom is 0.0898 e. The first-order valence-corrected chi connectivity index (χ1v) is 7.29. The number of hydrogen-bond donors (Lipinski definition) is 1. The summed E-state index contributed by atoms with van der Waals surface area (Å²) in [7, 11) is 2.04. The largest absolute Gasteiger partial charge is 0.392 e. The normalized spacial score (nSPS) is 10.7. The van der Waals surface area contributed by atoms with E-state index in [0.29, 0.717) is 0 Å². The van der Waals surface area contributed by atoms with Crippen LogP contribution in [0.5, 0.6) is 0 Å². The fraction of sp³-hybridized carbons (Fsp3) is 0.308. The molecule has 1 heterocycles. The molecule has 1 aromatic heterocycles. The van der Waals surface area contributed by atoms with Gasteiger partial charge in [0, 0.05) is 16.9 Å². The summed E-state index contributed by atoms with van der Waals surface area (Å²) in [6.45, 7) is 2.86. The zero-order valence-corrected chi connectivity index (χ0v) is 12.8. The minimum atomic E-state index is 0.0634. The zero-order chi connectivity index (χ0) is 13.1. The smallest absolute Gasteiger partial charge is 0.0898 e. The van der Waals surface area contributed by atoms with Gasteiger partial charge in [0.2, 0.25) is 0 Å². The lowest BCUT2D eigenvalue weighted by Gasteiger charge is -2.20. The molecule has 0 atom stereocenters. The number of aromatic nitrogens is 1. The van der Waals surface area contributed by atoms with Crippen LogP contribution in [0.3, 0.4) is 0 Å². The van der Waals surface area contributed by atoms with Crippen molar-refractivity contribution in [2.75, 3.05) is 11.9 Å². The van der Waals surface area contributed by atoms with E-state index in [1.807, 2.05) is 32.2 Å². The van der Waals surface area contributed by atoms with Crippen molar-refractivity contribution in [3.05, 3.63) is 44.3 Å². The van der Waals surface area contributed by atoms with E-state index in [1.54, 1.807) is 11.3 Å². The van der Waals surface area contributed by atoms with Gasteiger partial charge in [-0.25, -0.2) is 4.98 Å². The number of aryl methyl sites for hydroxylation is 1. The third-order valence-corrected chi connectivity index (χ3v) is 4.13. The van der Waals surface area contributed by atoms with Crippen LogP contribution in [0, 0.1) is 6.92 Å². The molecule has 0 radical (unpaired) electrons. The average Bonchev–Trinajstić information content (AvgIpc) is 2.74. The minimum absolute atomic E-state index is 0.0634. The van der Waals surface area contributed by atoms with Crippen LogP contribution in [-0.2, 0) is 13.2 Å². The molecular weight excluding hydrogens is 312 g/mol. The highest BCUT2D eigenvalue weighted by Gasteiger charge is 2.08. The van der Waals surface area contributed by atoms with Gasteiger partial charge in [-0.15, -0.1) is 11.3 Å². The fourth-order valence-electron chi connectivity index (χ4n) is 1.77. The Morgan fingerprint density at radius 2 is 2.22 bits per heavy atom. The second-order valence-electron chi connectivity index (χ2n) is 4.16. The molecule has 18 heavy (non-hydrogen) atoms. The maximum absolute atomic E-state index is 9.09. The van der Waals surface area contributed by atoms with Crippen LogP contribution < -0.4 is 4.90 Å². The molecular formula is C13H15BrN2OS. The Morgan fingerprint density at radius 1 is 1.44 bits per heavy atom. The molecule has 0 spiro atoms. The molecule has 2 rings (SSSR count). The van der Waals surface area contributed by atoms with Crippen molar-refractivity contribution in [1.29, 1.82) is 0 Å². The Balaban J connectivity index is 2.15. The highest BCUT2D eigenvalue weighted by Crippen LogP contribution is 2.27. The fourth-order valence-corrected chi connectivity index (χ4v) is 3.10. The third kappa shape index (κ3) is 3.10. The molecule has 96 valence electrons. The molecule has 0 unspecified atom stereocenters. The Labute approximate surface area is 119 Å². The Hall–Kier alpha value is -0.910. The molecule has 0 aliphatic rings. The number of hydrogen-bond acceptors (Lipinski definition) is 4. The molecule has 1 N–H and O–H groups in total. The maximum atomic E-state index is 9.09. The summed E-state index contributed by atoms with van der Waals surface area (Å²) in [5.41, 5.74) is 3.08. The van der Waals surface area contributed by atoms with Gasteiger partial charge in [-0.05, 0) is 40.5 Å². The number of rotatable bonds is 4. The third-order valence-electron chi connectivity index (χ3n) is 2.67. The lowest BCUT2D eigenvalue weighted by atomic mass is 10.2. The summed E-state index contributed by atoms with van der Waals surface area (Å²) in [6, 6.07) is 5.88. The average molecular weight is 327 g/mol. The van der Waals surface area contributed by atoms with E-state index in [9.17, 15) is 0 Å². The van der Waals surface area contributed by atoms with Crippen LogP contribution >= 0.6 is 27.3 Å². The zero-order valence-electron chi connectivity index (χ0n) is 10.4. The Morgan fingerprint density at radius 3 is 2.78 bits per heavy atom. The predicted octanol–water partition coefficient (Wildman–Crippen LogP) is 3.34. The van der Waals surface area contributed by atoms with Gasteiger partial charge in [-0.2, -0.15) is 0 Å². The molecule has 3 nitrogen and oxygen atoms in total. The second-order valence-corrected chi connectivity index (χ2v) is 6.07. The molecule has 0 aliphatic heterocycles. The molecule has 0 aliphatic carbocycles. The first kappa shape index (κ1) is 13.5. The predicted molar refractivity (Wildman–Crippen MR) is 79.0 cm³/mol. The highest BCUT2D eigenvalue weighted by atomic mass is 79.9. The minimum Gasteiger partial charge on any atom is -0.392 e. The summed E-state index contributed by atoms with van der Waals surface area (Å²) in [4.78, 5) is 6.60. The first-order chi connectivity index (χ1) is 8.60. The number of aliphatic hydroxyl groups excluding tert-OH is 1. The molecule has 0 saturated heterocycles. The number of nitrogens with zero attached hydrogens (tertiary/aromatic N) is 2. The van der Waals surface area contributed by atoms with E-state index in [2.05, 4.69) is 31.2 Å². The van der Waals surface area contributed by atoms with Crippen LogP contribution in [-0.4, -0.2) is 17.1 Å². The summed E-state index contributed by atoms with van der Waals surface area (Å²) >= 11 is 5.21. The van der Waals surface area contributed by atoms with Crippen molar-refractivity contribution in [1.82, 2.24) is 4.98 Å². The van der Waals surface area contributed by atoms with Crippen LogP contribution in [0.2, 0.25) is 0 Å². The molecule has 5 heteroatoms. The van der Waals surface area contributed by atoms with Crippen LogP contribution in [0.15, 0.2) is 28.1 Å². The summed E-state index contributed by atoms with van der Waals surface area (Å²) < 4.78 is 0.989. The number of aliphatic hydroxyl groups is 1. The number of anilines is 1. The van der Waals surface area contributed by atoms with Gasteiger partial charge in [0.05, 0.1) is 29.5 Å². The lowest BCUT2D eigenvalue weighted by Crippen LogP contribution is -2.17. The van der Waals surface area contributed by atoms with Crippen molar-refractivity contribution < 1.29 is 5.11 Å². The molecule has 1 aromatic carbocycles. The van der Waals surface area contributed by atoms with Gasteiger partial charge >= 0.3 is 0 Å². The van der Waals surface area contributed by atoms with E-state index in [4.69, 9.17) is 5.11 Å². The number of benzene rings is 1. The number of halogens is 1. The van der Waals surface area contributed by atoms with Crippen molar-refractivity contribution in [2.45, 2.75) is 20.1 Å². The van der Waals surface area contributed by atoms with Crippen LogP contribution in [0.4, 0.5) is 5.69 Å². The van der Waals surface area contributed by atoms with E-state index in [-0.39, 0.29) is 6.61 Å². The molecule has 0 amide bonds. The van der Waals surface area contributed by atoms with Crippen molar-refractivity contribution >= 4 is 33.0 Å². The van der Waals surface area contributed by atoms with Crippen molar-refractivity contribution in [3.8, 4) is 0 Å². The molecule has 0 bridgehead atoms. The quantitative estimate of drug-likeness (QED) is 0.936. The van der Waals surface area contributed by atoms with Crippen LogP contribution in [0.1, 0.15) is 16.3 Å². The van der Waals surface area contributed by atoms with Gasteiger partial charge < -0.3 is 10.0 Å². The van der Waals surface area contributed by atoms with Crippen molar-refractivity contribution in [2.24, 2.45) is 0 Å². The Kier molecular flexibility index (Phi) is 4.37. The molecule has 0 saturated carbocycles. The van der Waals surface area contributed by atoms with Gasteiger partial charge in [0.25, 0.3) is 0 Å². The SMILES string of the molecule is Cc1nc(CN(C)c2ccc(CO)cc2Br)cs1. The lowest BCUT2D eigenvalue weighted by molar-refractivity contribution is 0.282. The van der Waals surface area contributed by atoms with Crippen molar-refractivity contribution in [3.63, 3.8) is 0 Å². The highest BCUT2D eigenvalue weighted by molar-refractivity contribution is 9.10. The second kappa shape index (κ2) is 5.82. The van der Waals surface area contributed by atoms with E-state index in [1.165, 1.54) is 0 Å². The topological polar surface area (TPSA) is 36.4 Å². The van der Waals surface area contributed by atoms with Gasteiger partial charge in [-0.1, -0.05) is 6.07 Å². The van der Waals surface area contributed by atoms with Gasteiger partial charge in [-0.3, -0.25) is 0 Å². The van der Waals surface area contributed by atoms with E-state index < -0.39 is 0 Å². The molecule has 2 aromatic rings. The van der Waals surface area contributed by atoms with Crippen LogP contribution in [0.25, 0.3) is 0 Å². The summed E-state index contributed by atoms with van der Waals surface area (Å²) in [5, 5.41) is 12.3. The van der Waals surface area contributed by atoms with Gasteiger partial charge in [0.15, 0.2) is 0 Å². The molecule has 0 fully saturated rings. The first-order valence-electron chi connectivity index (χ1n) is 5.61. The van der Waals surface area contributed by atoms with Gasteiger partial charge in [0.1, 0.15) is 0 Å². The van der Waals surface area contributed by atoms with E-state index in [0.717, 1.165) is 33.0 Å². The standard InChI is InChI=1S/C13H15BrN2OS/c1-9-15-11(8-18-9)6-16(2)13-4-3-10(7-17)5-12(13)14/h3-5,8,17H,6-7H2,1-2H3. The van der Waals surface area contributed by atoms with E-state index >= 15 is 0 Å². The Bertz CT molecular complexity index is 542. The monoisotopic (exact) mass is 326 g/mol. The summed E-state index contributed by atoms with van der Waals surface area (Å²) in [6.07, 6.45) is 0.